The molecule has 2 aliphatic rings. The van der Waals surface area contributed by atoms with Crippen molar-refractivity contribution in [1.29, 1.82) is 0 Å². The summed E-state index contributed by atoms with van der Waals surface area (Å²) in [7, 11) is 1.61. The van der Waals surface area contributed by atoms with Gasteiger partial charge in [0.25, 0.3) is 0 Å². The van der Waals surface area contributed by atoms with Crippen molar-refractivity contribution in [2.24, 2.45) is 5.92 Å². The van der Waals surface area contributed by atoms with Crippen molar-refractivity contribution < 1.29 is 14.6 Å². The van der Waals surface area contributed by atoms with Gasteiger partial charge < -0.3 is 14.7 Å². The first-order valence-electron chi connectivity index (χ1n) is 8.58. The van der Waals surface area contributed by atoms with Gasteiger partial charge in [-0.3, -0.25) is 9.78 Å². The smallest absolute Gasteiger partial charge is 0.225 e. The lowest BCUT2D eigenvalue weighted by atomic mass is 9.83. The Morgan fingerprint density at radius 2 is 1.91 bits per heavy atom. The van der Waals surface area contributed by atoms with E-state index in [0.29, 0.717) is 18.8 Å². The molecule has 0 unspecified atom stereocenters. The molecule has 1 saturated carbocycles. The predicted octanol–water partition coefficient (Wildman–Crippen LogP) is 1.96. The highest BCUT2D eigenvalue weighted by Crippen LogP contribution is 2.32. The number of nitrogens with zero attached hydrogens (tertiary/aromatic N) is 2. The average molecular weight is 318 g/mol. The first kappa shape index (κ1) is 16.4. The number of hydrogen-bond donors (Lipinski definition) is 1. The number of amides is 1. The van der Waals surface area contributed by atoms with Gasteiger partial charge in [0, 0.05) is 38.5 Å². The van der Waals surface area contributed by atoms with E-state index in [-0.39, 0.29) is 17.9 Å². The third-order valence-electron chi connectivity index (χ3n) is 5.39. The summed E-state index contributed by atoms with van der Waals surface area (Å²) < 4.78 is 5.32. The molecule has 126 valence electrons. The monoisotopic (exact) mass is 318 g/mol. The number of ether oxygens (including phenoxy) is 1. The maximum atomic E-state index is 12.7. The van der Waals surface area contributed by atoms with Gasteiger partial charge in [0.2, 0.25) is 5.91 Å². The summed E-state index contributed by atoms with van der Waals surface area (Å²) in [5, 5.41) is 9.88. The zero-order valence-corrected chi connectivity index (χ0v) is 13.7. The van der Waals surface area contributed by atoms with Crippen LogP contribution < -0.4 is 0 Å². The number of carbonyl (C=O) groups is 1. The first-order valence-corrected chi connectivity index (χ1v) is 8.58. The lowest BCUT2D eigenvalue weighted by Crippen LogP contribution is -2.45. The number of pyridine rings is 1. The van der Waals surface area contributed by atoms with Crippen LogP contribution in [0.25, 0.3) is 0 Å². The SMILES string of the molecule is CO[C@@H]1C[C@H](C(=O)N2CCC(c3ccncc3)CC2)CC[C@@H]1O. The van der Waals surface area contributed by atoms with E-state index in [2.05, 4.69) is 17.1 Å². The number of aliphatic hydroxyl groups excluding tert-OH is 1. The van der Waals surface area contributed by atoms with Crippen LogP contribution in [0, 0.1) is 5.92 Å². The van der Waals surface area contributed by atoms with Gasteiger partial charge in [0.15, 0.2) is 0 Å². The standard InChI is InChI=1S/C18H26N2O3/c1-23-17-12-15(2-3-16(17)21)18(22)20-10-6-14(7-11-20)13-4-8-19-9-5-13/h4-5,8-9,14-17,21H,2-3,6-7,10-12H2,1H3/t15-,16+,17-/m1/s1. The predicted molar refractivity (Wildman–Crippen MR) is 86.9 cm³/mol. The van der Waals surface area contributed by atoms with E-state index in [9.17, 15) is 9.90 Å². The van der Waals surface area contributed by atoms with Crippen LogP contribution in [0.15, 0.2) is 24.5 Å². The van der Waals surface area contributed by atoms with Gasteiger partial charge in [-0.15, -0.1) is 0 Å². The Labute approximate surface area is 137 Å². The largest absolute Gasteiger partial charge is 0.390 e. The van der Waals surface area contributed by atoms with E-state index >= 15 is 0 Å². The molecule has 0 aromatic carbocycles. The molecule has 0 spiro atoms. The van der Waals surface area contributed by atoms with Gasteiger partial charge in [0.05, 0.1) is 12.2 Å². The Kier molecular flexibility index (Phi) is 5.28. The average Bonchev–Trinajstić information content (AvgIpc) is 2.62. The second kappa shape index (κ2) is 7.41. The molecule has 2 fully saturated rings. The zero-order chi connectivity index (χ0) is 16.2. The van der Waals surface area contributed by atoms with Gasteiger partial charge in [-0.05, 0) is 55.7 Å². The number of methoxy groups -OCH3 is 1. The first-order chi connectivity index (χ1) is 11.2. The minimum atomic E-state index is -0.429. The third-order valence-corrected chi connectivity index (χ3v) is 5.39. The van der Waals surface area contributed by atoms with Crippen LogP contribution in [-0.4, -0.2) is 53.3 Å². The lowest BCUT2D eigenvalue weighted by Gasteiger charge is -2.37. The Morgan fingerprint density at radius 1 is 1.22 bits per heavy atom. The second-order valence-electron chi connectivity index (χ2n) is 6.73. The Bertz CT molecular complexity index is 514. The molecule has 1 aliphatic carbocycles. The third kappa shape index (κ3) is 3.72. The van der Waals surface area contributed by atoms with E-state index in [1.807, 2.05) is 17.3 Å². The van der Waals surface area contributed by atoms with E-state index < -0.39 is 6.10 Å². The fourth-order valence-corrected chi connectivity index (χ4v) is 3.92. The highest BCUT2D eigenvalue weighted by molar-refractivity contribution is 5.79. The Balaban J connectivity index is 1.54. The lowest BCUT2D eigenvalue weighted by molar-refractivity contribution is -0.142. The van der Waals surface area contributed by atoms with Crippen LogP contribution >= 0.6 is 0 Å². The van der Waals surface area contributed by atoms with Crippen LogP contribution in [0.1, 0.15) is 43.6 Å². The minimum Gasteiger partial charge on any atom is -0.390 e. The molecule has 5 heteroatoms. The second-order valence-corrected chi connectivity index (χ2v) is 6.73. The van der Waals surface area contributed by atoms with Crippen molar-refractivity contribution in [3.8, 4) is 0 Å². The maximum absolute atomic E-state index is 12.7. The normalized spacial score (nSPS) is 29.5. The summed E-state index contributed by atoms with van der Waals surface area (Å²) in [5.41, 5.74) is 1.33. The van der Waals surface area contributed by atoms with Crippen LogP contribution in [0.2, 0.25) is 0 Å². The molecule has 1 aromatic heterocycles. The number of aromatic nitrogens is 1. The summed E-state index contributed by atoms with van der Waals surface area (Å²) in [6.07, 6.45) is 7.13. The van der Waals surface area contributed by atoms with Crippen molar-refractivity contribution in [1.82, 2.24) is 9.88 Å². The Morgan fingerprint density at radius 3 is 2.57 bits per heavy atom. The number of carbonyl (C=O) groups excluding carboxylic acids is 1. The fraction of sp³-hybridized carbons (Fsp3) is 0.667. The number of piperidine rings is 1. The molecule has 1 amide bonds. The van der Waals surface area contributed by atoms with Crippen LogP contribution in [0.5, 0.6) is 0 Å². The highest BCUT2D eigenvalue weighted by atomic mass is 16.5. The molecule has 1 N–H and O–H groups in total. The molecule has 0 radical (unpaired) electrons. The summed E-state index contributed by atoms with van der Waals surface area (Å²) in [4.78, 5) is 18.8. The maximum Gasteiger partial charge on any atom is 0.225 e. The van der Waals surface area contributed by atoms with Gasteiger partial charge in [0.1, 0.15) is 0 Å². The highest BCUT2D eigenvalue weighted by Gasteiger charge is 2.36. The topological polar surface area (TPSA) is 62.7 Å². The molecule has 1 aromatic rings. The van der Waals surface area contributed by atoms with Crippen molar-refractivity contribution in [2.75, 3.05) is 20.2 Å². The van der Waals surface area contributed by atoms with E-state index in [0.717, 1.165) is 32.4 Å². The van der Waals surface area contributed by atoms with Crippen molar-refractivity contribution in [3.63, 3.8) is 0 Å². The van der Waals surface area contributed by atoms with Crippen molar-refractivity contribution in [3.05, 3.63) is 30.1 Å². The minimum absolute atomic E-state index is 0.000764. The molecule has 23 heavy (non-hydrogen) atoms. The molecule has 1 aliphatic heterocycles. The van der Waals surface area contributed by atoms with Crippen LogP contribution in [0.3, 0.4) is 0 Å². The van der Waals surface area contributed by atoms with Crippen molar-refractivity contribution >= 4 is 5.91 Å². The molecular weight excluding hydrogens is 292 g/mol. The van der Waals surface area contributed by atoms with Gasteiger partial charge in [-0.25, -0.2) is 0 Å². The van der Waals surface area contributed by atoms with Gasteiger partial charge >= 0.3 is 0 Å². The number of hydrogen-bond acceptors (Lipinski definition) is 4. The quantitative estimate of drug-likeness (QED) is 0.925. The van der Waals surface area contributed by atoms with E-state index in [1.54, 1.807) is 7.11 Å². The van der Waals surface area contributed by atoms with Gasteiger partial charge in [-0.1, -0.05) is 0 Å². The van der Waals surface area contributed by atoms with Crippen LogP contribution in [-0.2, 0) is 9.53 Å². The van der Waals surface area contributed by atoms with Gasteiger partial charge in [-0.2, -0.15) is 0 Å². The summed E-state index contributed by atoms with van der Waals surface area (Å²) in [5.74, 6) is 0.773. The number of aliphatic hydroxyl groups is 1. The number of likely N-dealkylation sites (tertiary alicyclic amines) is 1. The molecule has 1 saturated heterocycles. The fourth-order valence-electron chi connectivity index (χ4n) is 3.92. The zero-order valence-electron chi connectivity index (χ0n) is 13.7. The van der Waals surface area contributed by atoms with Crippen LogP contribution in [0.4, 0.5) is 0 Å². The molecule has 3 rings (SSSR count). The summed E-state index contributed by atoms with van der Waals surface area (Å²) >= 11 is 0. The molecule has 0 bridgehead atoms. The van der Waals surface area contributed by atoms with E-state index in [1.165, 1.54) is 5.56 Å². The molecule has 3 atom stereocenters. The van der Waals surface area contributed by atoms with Crippen molar-refractivity contribution in [2.45, 2.75) is 50.2 Å². The summed E-state index contributed by atoms with van der Waals surface area (Å²) in [6.45, 7) is 1.64. The molecular formula is C18H26N2O3. The number of rotatable bonds is 3. The Hall–Kier alpha value is -1.46. The summed E-state index contributed by atoms with van der Waals surface area (Å²) in [6, 6.07) is 4.15. The molecule has 5 nitrogen and oxygen atoms in total. The molecule has 2 heterocycles. The van der Waals surface area contributed by atoms with E-state index in [4.69, 9.17) is 4.74 Å².